The molecule has 0 aliphatic heterocycles. The van der Waals surface area contributed by atoms with E-state index in [1.807, 2.05) is 12.1 Å². The number of halogens is 1. The van der Waals surface area contributed by atoms with Crippen molar-refractivity contribution in [2.45, 2.75) is 13.6 Å². The van der Waals surface area contributed by atoms with Crippen molar-refractivity contribution in [2.24, 2.45) is 0 Å². The molecule has 1 aromatic heterocycles. The van der Waals surface area contributed by atoms with Crippen LogP contribution in [0.4, 0.5) is 5.69 Å². The number of aryl methyl sites for hydroxylation is 1. The average Bonchev–Trinajstić information content (AvgIpc) is 2.34. The van der Waals surface area contributed by atoms with E-state index >= 15 is 0 Å². The number of nitrogens with one attached hydrogen (secondary N) is 2. The third-order valence-corrected chi connectivity index (χ3v) is 2.90. The van der Waals surface area contributed by atoms with Gasteiger partial charge in [0.05, 0.1) is 0 Å². The normalized spacial score (nSPS) is 10.3. The van der Waals surface area contributed by atoms with Crippen molar-refractivity contribution in [1.29, 1.82) is 0 Å². The second kappa shape index (κ2) is 5.32. The van der Waals surface area contributed by atoms with Gasteiger partial charge in [0.25, 0.3) is 5.56 Å². The molecule has 0 radical (unpaired) electrons. The van der Waals surface area contributed by atoms with Crippen molar-refractivity contribution in [3.63, 3.8) is 0 Å². The summed E-state index contributed by atoms with van der Waals surface area (Å²) in [5.74, 6) is 0. The van der Waals surface area contributed by atoms with E-state index in [1.165, 1.54) is 4.68 Å². The van der Waals surface area contributed by atoms with E-state index in [9.17, 15) is 4.79 Å². The monoisotopic (exact) mass is 282 g/mol. The second-order valence-corrected chi connectivity index (χ2v) is 4.51. The van der Waals surface area contributed by atoms with Gasteiger partial charge in [-0.1, -0.05) is 11.6 Å². The standard InChI is InChI=1S/C11H11ClN4OS/c1-7-10(17)14-11(18)16(15-7)6-13-9-4-2-8(12)3-5-9/h2-5,13H,6H2,1H3,(H,14,17,18). The van der Waals surface area contributed by atoms with Gasteiger partial charge in [0.15, 0.2) is 4.77 Å². The summed E-state index contributed by atoms with van der Waals surface area (Å²) in [6.07, 6.45) is 0. The summed E-state index contributed by atoms with van der Waals surface area (Å²) >= 11 is 10.8. The van der Waals surface area contributed by atoms with Gasteiger partial charge in [0.2, 0.25) is 0 Å². The van der Waals surface area contributed by atoms with Gasteiger partial charge < -0.3 is 5.32 Å². The van der Waals surface area contributed by atoms with E-state index < -0.39 is 0 Å². The van der Waals surface area contributed by atoms with Crippen molar-refractivity contribution in [2.75, 3.05) is 5.32 Å². The number of hydrogen-bond acceptors (Lipinski definition) is 4. The number of benzene rings is 1. The van der Waals surface area contributed by atoms with Gasteiger partial charge in [-0.25, -0.2) is 4.68 Å². The number of hydrogen-bond donors (Lipinski definition) is 2. The predicted molar refractivity (Wildman–Crippen MR) is 73.5 cm³/mol. The fourth-order valence-corrected chi connectivity index (χ4v) is 1.69. The van der Waals surface area contributed by atoms with Crippen LogP contribution in [-0.4, -0.2) is 14.8 Å². The first-order chi connectivity index (χ1) is 8.56. The number of rotatable bonds is 3. The maximum absolute atomic E-state index is 11.3. The molecule has 0 fully saturated rings. The third-order valence-electron chi connectivity index (χ3n) is 2.33. The van der Waals surface area contributed by atoms with Crippen molar-refractivity contribution >= 4 is 29.5 Å². The maximum Gasteiger partial charge on any atom is 0.273 e. The minimum absolute atomic E-state index is 0.261. The Morgan fingerprint density at radius 1 is 1.44 bits per heavy atom. The van der Waals surface area contributed by atoms with Crippen LogP contribution in [0, 0.1) is 11.7 Å². The van der Waals surface area contributed by atoms with Crippen molar-refractivity contribution in [1.82, 2.24) is 14.8 Å². The first-order valence-corrected chi connectivity index (χ1v) is 6.02. The zero-order chi connectivity index (χ0) is 13.1. The number of anilines is 1. The van der Waals surface area contributed by atoms with Crippen molar-refractivity contribution in [3.8, 4) is 0 Å². The SMILES string of the molecule is Cc1nn(CNc2ccc(Cl)cc2)c(=S)[nH]c1=O. The molecule has 94 valence electrons. The van der Waals surface area contributed by atoms with Crippen LogP contribution < -0.4 is 10.9 Å². The van der Waals surface area contributed by atoms with Gasteiger partial charge in [-0.2, -0.15) is 5.10 Å². The molecule has 0 atom stereocenters. The second-order valence-electron chi connectivity index (χ2n) is 3.69. The number of aromatic amines is 1. The number of H-pyrrole nitrogens is 1. The highest BCUT2D eigenvalue weighted by molar-refractivity contribution is 7.71. The summed E-state index contributed by atoms with van der Waals surface area (Å²) in [6.45, 7) is 2.00. The van der Waals surface area contributed by atoms with Crippen LogP contribution >= 0.6 is 23.8 Å². The summed E-state index contributed by atoms with van der Waals surface area (Å²) in [4.78, 5) is 13.8. The topological polar surface area (TPSA) is 62.7 Å². The third kappa shape index (κ3) is 2.96. The average molecular weight is 283 g/mol. The molecule has 0 unspecified atom stereocenters. The van der Waals surface area contributed by atoms with E-state index in [2.05, 4.69) is 15.4 Å². The molecule has 7 heteroatoms. The molecule has 2 aromatic rings. The molecule has 18 heavy (non-hydrogen) atoms. The Balaban J connectivity index is 2.15. The first kappa shape index (κ1) is 12.8. The molecule has 2 N–H and O–H groups in total. The van der Waals surface area contributed by atoms with Crippen LogP contribution in [0.3, 0.4) is 0 Å². The first-order valence-electron chi connectivity index (χ1n) is 5.24. The summed E-state index contributed by atoms with van der Waals surface area (Å²) in [6, 6.07) is 7.28. The highest BCUT2D eigenvalue weighted by atomic mass is 35.5. The van der Waals surface area contributed by atoms with Crippen LogP contribution in [0.1, 0.15) is 5.69 Å². The maximum atomic E-state index is 11.3. The van der Waals surface area contributed by atoms with E-state index in [0.29, 0.717) is 17.4 Å². The smallest absolute Gasteiger partial charge is 0.273 e. The summed E-state index contributed by atoms with van der Waals surface area (Å²) < 4.78 is 1.80. The molecule has 1 heterocycles. The van der Waals surface area contributed by atoms with Gasteiger partial charge in [-0.15, -0.1) is 0 Å². The number of nitrogens with zero attached hydrogens (tertiary/aromatic N) is 2. The molecular formula is C11H11ClN4OS. The zero-order valence-electron chi connectivity index (χ0n) is 9.61. The highest BCUT2D eigenvalue weighted by Gasteiger charge is 1.99. The molecule has 0 spiro atoms. The largest absolute Gasteiger partial charge is 0.366 e. The van der Waals surface area contributed by atoms with Gasteiger partial charge in [-0.05, 0) is 43.4 Å². The van der Waals surface area contributed by atoms with Crippen LogP contribution in [0.15, 0.2) is 29.1 Å². The van der Waals surface area contributed by atoms with Crippen LogP contribution in [0.2, 0.25) is 5.02 Å². The van der Waals surface area contributed by atoms with E-state index in [1.54, 1.807) is 19.1 Å². The minimum Gasteiger partial charge on any atom is -0.366 e. The van der Waals surface area contributed by atoms with Gasteiger partial charge >= 0.3 is 0 Å². The quantitative estimate of drug-likeness (QED) is 0.848. The Morgan fingerprint density at radius 3 is 2.78 bits per heavy atom. The lowest BCUT2D eigenvalue weighted by Crippen LogP contribution is -2.22. The lowest BCUT2D eigenvalue weighted by molar-refractivity contribution is 0.602. The van der Waals surface area contributed by atoms with Gasteiger partial charge in [0.1, 0.15) is 12.4 Å². The lowest BCUT2D eigenvalue weighted by atomic mass is 10.3. The fraction of sp³-hybridized carbons (Fsp3) is 0.182. The molecule has 0 aliphatic carbocycles. The van der Waals surface area contributed by atoms with E-state index in [4.69, 9.17) is 23.8 Å². The van der Waals surface area contributed by atoms with Crippen molar-refractivity contribution in [3.05, 3.63) is 50.1 Å². The Labute approximate surface area is 113 Å². The summed E-state index contributed by atoms with van der Waals surface area (Å²) in [5, 5.41) is 7.89. The number of aromatic nitrogens is 3. The Kier molecular flexibility index (Phi) is 3.78. The van der Waals surface area contributed by atoms with Crippen LogP contribution in [-0.2, 0) is 6.67 Å². The summed E-state index contributed by atoms with van der Waals surface area (Å²) in [5.41, 5.74) is 1.01. The van der Waals surface area contributed by atoms with Gasteiger partial charge in [-0.3, -0.25) is 9.78 Å². The Bertz CT molecular complexity index is 662. The zero-order valence-corrected chi connectivity index (χ0v) is 11.2. The molecule has 0 aliphatic rings. The minimum atomic E-state index is -0.261. The van der Waals surface area contributed by atoms with E-state index in [-0.39, 0.29) is 10.3 Å². The molecule has 0 amide bonds. The van der Waals surface area contributed by atoms with Crippen molar-refractivity contribution < 1.29 is 0 Å². The Morgan fingerprint density at radius 2 is 2.11 bits per heavy atom. The molecule has 0 saturated carbocycles. The molecule has 1 aromatic carbocycles. The van der Waals surface area contributed by atoms with Gasteiger partial charge in [0, 0.05) is 10.7 Å². The molecule has 0 saturated heterocycles. The predicted octanol–water partition coefficient (Wildman–Crippen LogP) is 2.33. The fourth-order valence-electron chi connectivity index (χ4n) is 1.37. The Hall–Kier alpha value is -1.66. The summed E-state index contributed by atoms with van der Waals surface area (Å²) in [7, 11) is 0. The van der Waals surface area contributed by atoms with Crippen LogP contribution in [0.25, 0.3) is 0 Å². The molecule has 5 nitrogen and oxygen atoms in total. The van der Waals surface area contributed by atoms with E-state index in [0.717, 1.165) is 5.69 Å². The molecular weight excluding hydrogens is 272 g/mol. The van der Waals surface area contributed by atoms with Crippen LogP contribution in [0.5, 0.6) is 0 Å². The lowest BCUT2D eigenvalue weighted by Gasteiger charge is -2.09. The molecule has 2 rings (SSSR count). The highest BCUT2D eigenvalue weighted by Crippen LogP contribution is 2.13. The molecule has 0 bridgehead atoms.